The molecule has 0 bridgehead atoms. The van der Waals surface area contributed by atoms with Crippen LogP contribution in [0.2, 0.25) is 0 Å². The van der Waals surface area contributed by atoms with E-state index in [1.54, 1.807) is 0 Å². The Balaban J connectivity index is 2.70. The summed E-state index contributed by atoms with van der Waals surface area (Å²) >= 11 is 0. The van der Waals surface area contributed by atoms with Crippen molar-refractivity contribution >= 4 is 10.3 Å². The molecule has 1 aliphatic heterocycles. The fourth-order valence-electron chi connectivity index (χ4n) is 0.827. The number of hydrogen-bond acceptors (Lipinski definition) is 3. The van der Waals surface area contributed by atoms with Crippen molar-refractivity contribution in [1.82, 2.24) is 4.72 Å². The van der Waals surface area contributed by atoms with Crippen LogP contribution in [0.3, 0.4) is 0 Å². The predicted molar refractivity (Wildman–Crippen MR) is 41.3 cm³/mol. The van der Waals surface area contributed by atoms with Gasteiger partial charge in [-0.3, -0.25) is 4.18 Å². The van der Waals surface area contributed by atoms with Crippen LogP contribution < -0.4 is 4.72 Å². The highest BCUT2D eigenvalue weighted by molar-refractivity contribution is 7.85. The summed E-state index contributed by atoms with van der Waals surface area (Å²) < 4.78 is 28.5. The van der Waals surface area contributed by atoms with Gasteiger partial charge in [0.25, 0.3) is 0 Å². The Hall–Kier alpha value is -0.130. The SMILES string of the molecule is CC(C)(C)[C@H]1COS(=O)(=O)N1. The molecule has 0 aromatic rings. The first-order chi connectivity index (χ1) is 4.81. The second-order valence-electron chi connectivity index (χ2n) is 3.78. The summed E-state index contributed by atoms with van der Waals surface area (Å²) in [6, 6.07) is -0.104. The molecule has 1 atom stereocenters. The van der Waals surface area contributed by atoms with E-state index in [1.165, 1.54) is 0 Å². The molecule has 11 heavy (non-hydrogen) atoms. The van der Waals surface area contributed by atoms with Gasteiger partial charge in [-0.1, -0.05) is 20.8 Å². The molecule has 1 rings (SSSR count). The molecule has 0 spiro atoms. The van der Waals surface area contributed by atoms with E-state index in [1.807, 2.05) is 20.8 Å². The van der Waals surface area contributed by atoms with Crippen molar-refractivity contribution in [3.63, 3.8) is 0 Å². The van der Waals surface area contributed by atoms with Crippen LogP contribution >= 0.6 is 0 Å². The summed E-state index contributed by atoms with van der Waals surface area (Å²) in [5, 5.41) is 0. The van der Waals surface area contributed by atoms with Gasteiger partial charge in [-0.05, 0) is 5.41 Å². The lowest BCUT2D eigenvalue weighted by Crippen LogP contribution is -2.38. The first kappa shape index (κ1) is 8.96. The van der Waals surface area contributed by atoms with Crippen LogP contribution in [-0.4, -0.2) is 21.1 Å². The second kappa shape index (κ2) is 2.43. The zero-order valence-electron chi connectivity index (χ0n) is 6.92. The Bertz CT molecular complexity index is 239. The van der Waals surface area contributed by atoms with E-state index in [-0.39, 0.29) is 18.1 Å². The third-order valence-corrected chi connectivity index (χ3v) is 2.74. The molecule has 0 aromatic heterocycles. The first-order valence-electron chi connectivity index (χ1n) is 3.48. The monoisotopic (exact) mass is 179 g/mol. The van der Waals surface area contributed by atoms with E-state index in [9.17, 15) is 8.42 Å². The summed E-state index contributed by atoms with van der Waals surface area (Å²) in [5.74, 6) is 0. The highest BCUT2D eigenvalue weighted by Crippen LogP contribution is 2.23. The molecular weight excluding hydrogens is 166 g/mol. The van der Waals surface area contributed by atoms with Crippen molar-refractivity contribution in [2.75, 3.05) is 6.61 Å². The molecule has 1 N–H and O–H groups in total. The Labute approximate surface area is 67.2 Å². The van der Waals surface area contributed by atoms with Gasteiger partial charge in [0, 0.05) is 0 Å². The molecule has 0 radical (unpaired) electrons. The summed E-state index contributed by atoms with van der Waals surface area (Å²) in [7, 11) is -3.43. The van der Waals surface area contributed by atoms with Crippen molar-refractivity contribution in [1.29, 1.82) is 0 Å². The second-order valence-corrected chi connectivity index (χ2v) is 5.15. The Morgan fingerprint density at radius 3 is 2.18 bits per heavy atom. The zero-order valence-corrected chi connectivity index (χ0v) is 7.73. The van der Waals surface area contributed by atoms with Gasteiger partial charge in [0.15, 0.2) is 0 Å². The van der Waals surface area contributed by atoms with E-state index < -0.39 is 10.3 Å². The first-order valence-corrected chi connectivity index (χ1v) is 4.89. The normalized spacial score (nSPS) is 30.6. The topological polar surface area (TPSA) is 55.4 Å². The van der Waals surface area contributed by atoms with Gasteiger partial charge < -0.3 is 0 Å². The minimum Gasteiger partial charge on any atom is -0.256 e. The zero-order chi connectivity index (χ0) is 8.70. The van der Waals surface area contributed by atoms with Gasteiger partial charge >= 0.3 is 10.3 Å². The highest BCUT2D eigenvalue weighted by Gasteiger charge is 2.35. The van der Waals surface area contributed by atoms with Gasteiger partial charge in [-0.15, -0.1) is 0 Å². The van der Waals surface area contributed by atoms with Crippen LogP contribution in [0.25, 0.3) is 0 Å². The molecule has 1 heterocycles. The Morgan fingerprint density at radius 2 is 2.00 bits per heavy atom. The smallest absolute Gasteiger partial charge is 0.256 e. The molecule has 0 aromatic carbocycles. The van der Waals surface area contributed by atoms with E-state index in [0.717, 1.165) is 0 Å². The van der Waals surface area contributed by atoms with Crippen LogP contribution in [0.5, 0.6) is 0 Å². The van der Waals surface area contributed by atoms with Crippen LogP contribution in [0.4, 0.5) is 0 Å². The van der Waals surface area contributed by atoms with Gasteiger partial charge in [-0.2, -0.15) is 13.1 Å². The molecule has 66 valence electrons. The predicted octanol–water partition coefficient (Wildman–Crippen LogP) is 0.266. The molecule has 1 saturated heterocycles. The lowest BCUT2D eigenvalue weighted by Gasteiger charge is -2.23. The van der Waals surface area contributed by atoms with Crippen LogP contribution in [0, 0.1) is 5.41 Å². The van der Waals surface area contributed by atoms with Gasteiger partial charge in [0.05, 0.1) is 12.6 Å². The largest absolute Gasteiger partial charge is 0.336 e. The average molecular weight is 179 g/mol. The number of nitrogens with one attached hydrogen (secondary N) is 1. The Morgan fingerprint density at radius 1 is 1.45 bits per heavy atom. The highest BCUT2D eigenvalue weighted by atomic mass is 32.2. The molecular formula is C6H13NO3S. The van der Waals surface area contributed by atoms with Crippen molar-refractivity contribution < 1.29 is 12.6 Å². The van der Waals surface area contributed by atoms with Crippen molar-refractivity contribution in [3.8, 4) is 0 Å². The number of hydrogen-bond donors (Lipinski definition) is 1. The van der Waals surface area contributed by atoms with Gasteiger partial charge in [0.2, 0.25) is 0 Å². The van der Waals surface area contributed by atoms with Crippen LogP contribution in [-0.2, 0) is 14.5 Å². The maximum Gasteiger partial charge on any atom is 0.336 e. The van der Waals surface area contributed by atoms with Crippen molar-refractivity contribution in [3.05, 3.63) is 0 Å². The molecule has 0 aliphatic carbocycles. The van der Waals surface area contributed by atoms with Crippen molar-refractivity contribution in [2.45, 2.75) is 26.8 Å². The summed E-state index contributed by atoms with van der Waals surface area (Å²) in [4.78, 5) is 0. The van der Waals surface area contributed by atoms with Crippen LogP contribution in [0.15, 0.2) is 0 Å². The molecule has 1 aliphatic rings. The minimum atomic E-state index is -3.43. The van der Waals surface area contributed by atoms with E-state index in [2.05, 4.69) is 8.91 Å². The fourth-order valence-corrected chi connectivity index (χ4v) is 1.98. The van der Waals surface area contributed by atoms with Gasteiger partial charge in [0.1, 0.15) is 0 Å². The molecule has 5 heteroatoms. The summed E-state index contributed by atoms with van der Waals surface area (Å²) in [5.41, 5.74) is -0.0798. The third kappa shape index (κ3) is 2.15. The molecule has 1 fully saturated rings. The van der Waals surface area contributed by atoms with Crippen molar-refractivity contribution in [2.24, 2.45) is 5.41 Å². The molecule has 4 nitrogen and oxygen atoms in total. The quantitative estimate of drug-likeness (QED) is 0.580. The maximum atomic E-state index is 10.8. The summed E-state index contributed by atoms with van der Waals surface area (Å²) in [6.45, 7) is 6.14. The van der Waals surface area contributed by atoms with E-state index in [4.69, 9.17) is 0 Å². The third-order valence-electron chi connectivity index (χ3n) is 1.72. The number of rotatable bonds is 0. The molecule has 0 unspecified atom stereocenters. The average Bonchev–Trinajstić information content (AvgIpc) is 2.07. The Kier molecular flexibility index (Phi) is 1.98. The molecule has 0 saturated carbocycles. The lowest BCUT2D eigenvalue weighted by molar-refractivity contribution is 0.244. The minimum absolute atomic E-state index is 0.0798. The van der Waals surface area contributed by atoms with Gasteiger partial charge in [-0.25, -0.2) is 0 Å². The standard InChI is InChI=1S/C6H13NO3S/c1-6(2,3)5-4-10-11(8,9)7-5/h5,7H,4H2,1-3H3/t5-/m1/s1. The lowest BCUT2D eigenvalue weighted by atomic mass is 9.88. The fraction of sp³-hybridized carbons (Fsp3) is 1.00. The van der Waals surface area contributed by atoms with E-state index in [0.29, 0.717) is 0 Å². The van der Waals surface area contributed by atoms with Crippen LogP contribution in [0.1, 0.15) is 20.8 Å². The van der Waals surface area contributed by atoms with E-state index >= 15 is 0 Å². The maximum absolute atomic E-state index is 10.8. The summed E-state index contributed by atoms with van der Waals surface area (Å²) in [6.07, 6.45) is 0. The molecule has 0 amide bonds.